The first kappa shape index (κ1) is 12.4. The molecule has 0 aromatic heterocycles. The second-order valence-corrected chi connectivity index (χ2v) is 5.71. The molecule has 2 aliphatic carbocycles. The Morgan fingerprint density at radius 3 is 2.53 bits per heavy atom. The summed E-state index contributed by atoms with van der Waals surface area (Å²) < 4.78 is 0. The van der Waals surface area contributed by atoms with Crippen LogP contribution in [0.5, 0.6) is 0 Å². The van der Waals surface area contributed by atoms with Crippen molar-refractivity contribution >= 4 is 11.9 Å². The third-order valence-corrected chi connectivity index (χ3v) is 4.09. The van der Waals surface area contributed by atoms with Crippen molar-refractivity contribution in [2.45, 2.75) is 39.0 Å². The zero-order chi connectivity index (χ0) is 12.4. The molecule has 0 heterocycles. The third-order valence-electron chi connectivity index (χ3n) is 4.09. The van der Waals surface area contributed by atoms with Crippen LogP contribution >= 0.6 is 0 Å². The molecule has 4 heteroatoms. The summed E-state index contributed by atoms with van der Waals surface area (Å²) in [4.78, 5) is 22.2. The van der Waals surface area contributed by atoms with Gasteiger partial charge in [0.05, 0.1) is 0 Å². The molecule has 3 unspecified atom stereocenters. The maximum atomic E-state index is 11.8. The molecule has 3 atom stereocenters. The van der Waals surface area contributed by atoms with Gasteiger partial charge < -0.3 is 10.4 Å². The molecular weight excluding hydrogens is 218 g/mol. The van der Waals surface area contributed by atoms with Crippen LogP contribution in [0, 0.1) is 23.7 Å². The van der Waals surface area contributed by atoms with Crippen molar-refractivity contribution in [2.75, 3.05) is 6.54 Å². The first-order valence-electron chi connectivity index (χ1n) is 6.55. The number of aliphatic carboxylic acids is 1. The number of amides is 1. The van der Waals surface area contributed by atoms with Crippen molar-refractivity contribution in [1.29, 1.82) is 0 Å². The lowest BCUT2D eigenvalue weighted by Gasteiger charge is -2.15. The van der Waals surface area contributed by atoms with E-state index in [0.29, 0.717) is 13.0 Å². The maximum Gasteiger partial charge on any atom is 0.303 e. The fourth-order valence-corrected chi connectivity index (χ4v) is 2.82. The van der Waals surface area contributed by atoms with Crippen LogP contribution in [0.3, 0.4) is 0 Å². The quantitative estimate of drug-likeness (QED) is 0.740. The van der Waals surface area contributed by atoms with Gasteiger partial charge in [-0.05, 0) is 43.4 Å². The van der Waals surface area contributed by atoms with Crippen molar-refractivity contribution in [2.24, 2.45) is 23.7 Å². The number of carbonyl (C=O) groups excluding carboxylic acids is 1. The van der Waals surface area contributed by atoms with Crippen LogP contribution in [0.4, 0.5) is 0 Å². The molecule has 4 nitrogen and oxygen atoms in total. The lowest BCUT2D eigenvalue weighted by Crippen LogP contribution is -2.33. The molecule has 2 saturated carbocycles. The molecule has 0 aromatic carbocycles. The second kappa shape index (κ2) is 5.07. The van der Waals surface area contributed by atoms with Crippen LogP contribution in [0.15, 0.2) is 0 Å². The summed E-state index contributed by atoms with van der Waals surface area (Å²) in [6.07, 6.45) is 4.29. The van der Waals surface area contributed by atoms with Gasteiger partial charge in [-0.15, -0.1) is 0 Å². The standard InChI is InChI=1S/C13H21NO3/c1-8(2-3-12(15)16)7-14-13(17)11-5-9-4-10(9)6-11/h8-11H,2-7H2,1H3,(H,14,17)(H,15,16). The van der Waals surface area contributed by atoms with Gasteiger partial charge >= 0.3 is 5.97 Å². The van der Waals surface area contributed by atoms with Gasteiger partial charge in [0.2, 0.25) is 5.91 Å². The van der Waals surface area contributed by atoms with E-state index in [1.54, 1.807) is 0 Å². The van der Waals surface area contributed by atoms with Crippen LogP contribution in [0.1, 0.15) is 39.0 Å². The predicted molar refractivity (Wildman–Crippen MR) is 63.4 cm³/mol. The molecule has 2 rings (SSSR count). The summed E-state index contributed by atoms with van der Waals surface area (Å²) >= 11 is 0. The number of fused-ring (bicyclic) bond motifs is 1. The Balaban J connectivity index is 1.60. The zero-order valence-electron chi connectivity index (χ0n) is 10.3. The van der Waals surface area contributed by atoms with E-state index < -0.39 is 5.97 Å². The molecule has 17 heavy (non-hydrogen) atoms. The molecule has 0 bridgehead atoms. The molecule has 2 aliphatic rings. The predicted octanol–water partition coefficient (Wildman–Crippen LogP) is 1.65. The van der Waals surface area contributed by atoms with Gasteiger partial charge in [0.1, 0.15) is 0 Å². The van der Waals surface area contributed by atoms with Crippen molar-refractivity contribution in [1.82, 2.24) is 5.32 Å². The average Bonchev–Trinajstić information content (AvgIpc) is 2.90. The van der Waals surface area contributed by atoms with E-state index >= 15 is 0 Å². The van der Waals surface area contributed by atoms with Crippen LogP contribution in [-0.2, 0) is 9.59 Å². The fraction of sp³-hybridized carbons (Fsp3) is 0.846. The van der Waals surface area contributed by atoms with Crippen LogP contribution in [0.2, 0.25) is 0 Å². The Morgan fingerprint density at radius 2 is 1.94 bits per heavy atom. The Bertz CT molecular complexity index is 306. The monoisotopic (exact) mass is 239 g/mol. The molecule has 0 aliphatic heterocycles. The number of carboxylic acid groups (broad SMARTS) is 1. The minimum atomic E-state index is -0.765. The first-order chi connectivity index (χ1) is 8.06. The van der Waals surface area contributed by atoms with Gasteiger partial charge in [-0.1, -0.05) is 6.92 Å². The Kier molecular flexibility index (Phi) is 3.69. The Hall–Kier alpha value is -1.06. The van der Waals surface area contributed by atoms with Crippen molar-refractivity contribution in [3.63, 3.8) is 0 Å². The minimum Gasteiger partial charge on any atom is -0.481 e. The molecule has 1 amide bonds. The smallest absolute Gasteiger partial charge is 0.303 e. The van der Waals surface area contributed by atoms with Crippen molar-refractivity contribution < 1.29 is 14.7 Å². The highest BCUT2D eigenvalue weighted by Gasteiger charge is 2.47. The number of carboxylic acids is 1. The largest absolute Gasteiger partial charge is 0.481 e. The van der Waals surface area contributed by atoms with Crippen molar-refractivity contribution in [3.05, 3.63) is 0 Å². The molecule has 2 N–H and O–H groups in total. The van der Waals surface area contributed by atoms with Crippen LogP contribution in [-0.4, -0.2) is 23.5 Å². The summed E-state index contributed by atoms with van der Waals surface area (Å²) in [6.45, 7) is 2.59. The highest BCUT2D eigenvalue weighted by Crippen LogP contribution is 2.54. The van der Waals surface area contributed by atoms with E-state index in [-0.39, 0.29) is 24.2 Å². The van der Waals surface area contributed by atoms with Gasteiger partial charge in [-0.25, -0.2) is 0 Å². The van der Waals surface area contributed by atoms with E-state index in [2.05, 4.69) is 5.32 Å². The first-order valence-corrected chi connectivity index (χ1v) is 6.55. The zero-order valence-corrected chi connectivity index (χ0v) is 10.3. The molecule has 0 aromatic rings. The van der Waals surface area contributed by atoms with Gasteiger partial charge in [-0.3, -0.25) is 9.59 Å². The SMILES string of the molecule is CC(CCC(=O)O)CNC(=O)C1CC2CC2C1. The molecule has 0 saturated heterocycles. The van der Waals surface area contributed by atoms with Gasteiger partial charge in [0, 0.05) is 18.9 Å². The summed E-state index contributed by atoms with van der Waals surface area (Å²) in [5, 5.41) is 11.5. The molecular formula is C13H21NO3. The number of carbonyl (C=O) groups is 2. The number of hydrogen-bond acceptors (Lipinski definition) is 2. The molecule has 0 radical (unpaired) electrons. The van der Waals surface area contributed by atoms with E-state index in [9.17, 15) is 9.59 Å². The number of rotatable bonds is 6. The highest BCUT2D eigenvalue weighted by atomic mass is 16.4. The lowest BCUT2D eigenvalue weighted by molar-refractivity contribution is -0.137. The topological polar surface area (TPSA) is 66.4 Å². The van der Waals surface area contributed by atoms with Gasteiger partial charge in [0.15, 0.2) is 0 Å². The Labute approximate surface area is 102 Å². The Morgan fingerprint density at radius 1 is 1.29 bits per heavy atom. The summed E-state index contributed by atoms with van der Waals surface area (Å²) in [5.74, 6) is 1.54. The van der Waals surface area contributed by atoms with Gasteiger partial charge in [0.25, 0.3) is 0 Å². The highest BCUT2D eigenvalue weighted by molar-refractivity contribution is 5.79. The fourth-order valence-electron chi connectivity index (χ4n) is 2.82. The normalized spacial score (nSPS) is 31.7. The molecule has 0 spiro atoms. The lowest BCUT2D eigenvalue weighted by atomic mass is 10.0. The summed E-state index contributed by atoms with van der Waals surface area (Å²) in [7, 11) is 0. The number of nitrogens with one attached hydrogen (secondary N) is 1. The van der Waals surface area contributed by atoms with Gasteiger partial charge in [-0.2, -0.15) is 0 Å². The number of hydrogen-bond donors (Lipinski definition) is 2. The summed E-state index contributed by atoms with van der Waals surface area (Å²) in [5.41, 5.74) is 0. The van der Waals surface area contributed by atoms with Crippen LogP contribution < -0.4 is 5.32 Å². The van der Waals surface area contributed by atoms with E-state index in [4.69, 9.17) is 5.11 Å². The maximum absolute atomic E-state index is 11.8. The van der Waals surface area contributed by atoms with E-state index in [0.717, 1.165) is 24.7 Å². The van der Waals surface area contributed by atoms with E-state index in [1.165, 1.54) is 6.42 Å². The third kappa shape index (κ3) is 3.45. The van der Waals surface area contributed by atoms with E-state index in [1.807, 2.05) is 6.92 Å². The van der Waals surface area contributed by atoms with Crippen molar-refractivity contribution in [3.8, 4) is 0 Å². The second-order valence-electron chi connectivity index (χ2n) is 5.71. The average molecular weight is 239 g/mol. The molecule has 96 valence electrons. The minimum absolute atomic E-state index is 0.180. The van der Waals surface area contributed by atoms with Crippen LogP contribution in [0.25, 0.3) is 0 Å². The molecule has 2 fully saturated rings. The summed E-state index contributed by atoms with van der Waals surface area (Å²) in [6, 6.07) is 0.